The van der Waals surface area contributed by atoms with Crippen LogP contribution in [0.3, 0.4) is 0 Å². The Kier molecular flexibility index (Phi) is 9.04. The minimum atomic E-state index is -0.0184. The van der Waals surface area contributed by atoms with Crippen LogP contribution in [0.15, 0.2) is 42.5 Å². The molecular formula is C25H34N2O5. The number of hydrogen-bond acceptors (Lipinski definition) is 6. The number of amides is 1. The second-order valence-electron chi connectivity index (χ2n) is 7.40. The Morgan fingerprint density at radius 2 is 1.41 bits per heavy atom. The molecule has 0 N–H and O–H groups in total. The highest BCUT2D eigenvalue weighted by atomic mass is 16.5. The SMILES string of the molecule is CCOc1cc(C(=O)N2CCN(CCOc3ccccc3)CC2)cc(OCC)c1OCC. The minimum absolute atomic E-state index is 0.0184. The summed E-state index contributed by atoms with van der Waals surface area (Å²) in [5.41, 5.74) is 0.557. The van der Waals surface area contributed by atoms with Crippen molar-refractivity contribution in [2.24, 2.45) is 0 Å². The van der Waals surface area contributed by atoms with E-state index in [-0.39, 0.29) is 5.91 Å². The zero-order valence-electron chi connectivity index (χ0n) is 19.3. The van der Waals surface area contributed by atoms with Gasteiger partial charge in [0.25, 0.3) is 5.91 Å². The van der Waals surface area contributed by atoms with Crippen molar-refractivity contribution in [1.82, 2.24) is 9.80 Å². The lowest BCUT2D eigenvalue weighted by molar-refractivity contribution is 0.0619. The number of ether oxygens (including phenoxy) is 4. The molecular weight excluding hydrogens is 408 g/mol. The molecule has 32 heavy (non-hydrogen) atoms. The molecule has 7 heteroatoms. The van der Waals surface area contributed by atoms with E-state index < -0.39 is 0 Å². The maximum Gasteiger partial charge on any atom is 0.254 e. The first-order chi connectivity index (χ1) is 15.7. The van der Waals surface area contributed by atoms with E-state index in [0.717, 1.165) is 25.4 Å². The number of benzene rings is 2. The maximum atomic E-state index is 13.2. The molecule has 0 unspecified atom stereocenters. The molecule has 1 heterocycles. The molecule has 174 valence electrons. The van der Waals surface area contributed by atoms with Gasteiger partial charge in [-0.05, 0) is 45.0 Å². The minimum Gasteiger partial charge on any atom is -0.492 e. The maximum absolute atomic E-state index is 13.2. The van der Waals surface area contributed by atoms with Crippen LogP contribution in [0, 0.1) is 0 Å². The van der Waals surface area contributed by atoms with Crippen LogP contribution < -0.4 is 18.9 Å². The van der Waals surface area contributed by atoms with Crippen LogP contribution in [-0.4, -0.2) is 74.9 Å². The number of hydrogen-bond donors (Lipinski definition) is 0. The Morgan fingerprint density at radius 1 is 0.812 bits per heavy atom. The van der Waals surface area contributed by atoms with Crippen LogP contribution in [0.2, 0.25) is 0 Å². The van der Waals surface area contributed by atoms with E-state index in [9.17, 15) is 4.79 Å². The monoisotopic (exact) mass is 442 g/mol. The molecule has 1 amide bonds. The summed E-state index contributed by atoms with van der Waals surface area (Å²) in [6.07, 6.45) is 0. The van der Waals surface area contributed by atoms with Gasteiger partial charge >= 0.3 is 0 Å². The van der Waals surface area contributed by atoms with E-state index >= 15 is 0 Å². The molecule has 0 radical (unpaired) electrons. The number of rotatable bonds is 11. The lowest BCUT2D eigenvalue weighted by atomic mass is 10.1. The van der Waals surface area contributed by atoms with Gasteiger partial charge < -0.3 is 23.8 Å². The molecule has 2 aromatic carbocycles. The molecule has 0 bridgehead atoms. The molecule has 0 spiro atoms. The van der Waals surface area contributed by atoms with Crippen LogP contribution in [0.1, 0.15) is 31.1 Å². The van der Waals surface area contributed by atoms with Crippen LogP contribution >= 0.6 is 0 Å². The van der Waals surface area contributed by atoms with Crippen molar-refractivity contribution in [2.45, 2.75) is 20.8 Å². The summed E-state index contributed by atoms with van der Waals surface area (Å²) in [5.74, 6) is 2.50. The van der Waals surface area contributed by atoms with Gasteiger partial charge in [-0.15, -0.1) is 0 Å². The molecule has 3 rings (SSSR count). The number of para-hydroxylation sites is 1. The first-order valence-corrected chi connectivity index (χ1v) is 11.4. The molecule has 1 fully saturated rings. The Bertz CT molecular complexity index is 824. The van der Waals surface area contributed by atoms with Gasteiger partial charge in [-0.25, -0.2) is 0 Å². The van der Waals surface area contributed by atoms with E-state index in [4.69, 9.17) is 18.9 Å². The van der Waals surface area contributed by atoms with Crippen molar-refractivity contribution >= 4 is 5.91 Å². The van der Waals surface area contributed by atoms with Gasteiger partial charge in [-0.2, -0.15) is 0 Å². The average molecular weight is 443 g/mol. The predicted molar refractivity (Wildman–Crippen MR) is 124 cm³/mol. The third-order valence-electron chi connectivity index (χ3n) is 5.24. The summed E-state index contributed by atoms with van der Waals surface area (Å²) >= 11 is 0. The smallest absolute Gasteiger partial charge is 0.254 e. The Morgan fingerprint density at radius 3 is 1.97 bits per heavy atom. The molecule has 1 aliphatic rings. The lowest BCUT2D eigenvalue weighted by Crippen LogP contribution is -2.49. The van der Waals surface area contributed by atoms with Gasteiger partial charge in [-0.1, -0.05) is 18.2 Å². The lowest BCUT2D eigenvalue weighted by Gasteiger charge is -2.34. The number of nitrogens with zero attached hydrogens (tertiary/aromatic N) is 2. The molecule has 0 aromatic heterocycles. The summed E-state index contributed by atoms with van der Waals surface area (Å²) in [6, 6.07) is 13.4. The zero-order valence-corrected chi connectivity index (χ0v) is 19.3. The molecule has 1 aliphatic heterocycles. The summed E-state index contributed by atoms with van der Waals surface area (Å²) in [7, 11) is 0. The van der Waals surface area contributed by atoms with Gasteiger partial charge in [0.05, 0.1) is 19.8 Å². The van der Waals surface area contributed by atoms with Gasteiger partial charge in [-0.3, -0.25) is 9.69 Å². The molecule has 0 atom stereocenters. The summed E-state index contributed by atoms with van der Waals surface area (Å²) in [6.45, 7) is 11.6. The summed E-state index contributed by atoms with van der Waals surface area (Å²) in [5, 5.41) is 0. The van der Waals surface area contributed by atoms with Gasteiger partial charge in [0.15, 0.2) is 11.5 Å². The van der Waals surface area contributed by atoms with Crippen molar-refractivity contribution in [1.29, 1.82) is 0 Å². The van der Waals surface area contributed by atoms with E-state index in [0.29, 0.717) is 62.3 Å². The van der Waals surface area contributed by atoms with Gasteiger partial charge in [0, 0.05) is 38.3 Å². The molecule has 0 saturated carbocycles. The Labute approximate surface area is 190 Å². The number of carbonyl (C=O) groups excluding carboxylic acids is 1. The number of carbonyl (C=O) groups is 1. The van der Waals surface area contributed by atoms with Crippen LogP contribution in [0.4, 0.5) is 0 Å². The second kappa shape index (κ2) is 12.2. The molecule has 0 aliphatic carbocycles. The van der Waals surface area contributed by atoms with Crippen molar-refractivity contribution in [3.63, 3.8) is 0 Å². The highest BCUT2D eigenvalue weighted by Crippen LogP contribution is 2.39. The zero-order chi connectivity index (χ0) is 22.8. The van der Waals surface area contributed by atoms with Crippen molar-refractivity contribution in [2.75, 3.05) is 59.2 Å². The normalized spacial score (nSPS) is 14.2. The summed E-state index contributed by atoms with van der Waals surface area (Å²) < 4.78 is 23.0. The Hall–Kier alpha value is -2.93. The van der Waals surface area contributed by atoms with Crippen LogP contribution in [0.25, 0.3) is 0 Å². The standard InChI is InChI=1S/C25H34N2O5/c1-4-29-22-18-20(19-23(30-5-2)24(22)31-6-3)25(28)27-14-12-26(13-15-27)16-17-32-21-10-8-7-9-11-21/h7-11,18-19H,4-6,12-17H2,1-3H3. The van der Waals surface area contributed by atoms with E-state index in [1.165, 1.54) is 0 Å². The van der Waals surface area contributed by atoms with Crippen LogP contribution in [0.5, 0.6) is 23.0 Å². The topological polar surface area (TPSA) is 60.5 Å². The van der Waals surface area contributed by atoms with E-state index in [1.54, 1.807) is 12.1 Å². The Balaban J connectivity index is 1.60. The van der Waals surface area contributed by atoms with E-state index in [2.05, 4.69) is 4.90 Å². The third-order valence-corrected chi connectivity index (χ3v) is 5.24. The van der Waals surface area contributed by atoms with Crippen molar-refractivity contribution in [3.8, 4) is 23.0 Å². The predicted octanol–water partition coefficient (Wildman–Crippen LogP) is 3.72. The van der Waals surface area contributed by atoms with Gasteiger partial charge in [0.2, 0.25) is 5.75 Å². The quantitative estimate of drug-likeness (QED) is 0.529. The molecule has 1 saturated heterocycles. The number of piperazine rings is 1. The largest absolute Gasteiger partial charge is 0.492 e. The first-order valence-electron chi connectivity index (χ1n) is 11.4. The molecule has 7 nitrogen and oxygen atoms in total. The average Bonchev–Trinajstić information content (AvgIpc) is 2.82. The fraction of sp³-hybridized carbons (Fsp3) is 0.480. The molecule has 2 aromatic rings. The first kappa shape index (κ1) is 23.7. The highest BCUT2D eigenvalue weighted by molar-refractivity contribution is 5.95. The van der Waals surface area contributed by atoms with Crippen LogP contribution in [-0.2, 0) is 0 Å². The van der Waals surface area contributed by atoms with E-state index in [1.807, 2.05) is 56.0 Å². The third kappa shape index (κ3) is 6.29. The highest BCUT2D eigenvalue weighted by Gasteiger charge is 2.25. The van der Waals surface area contributed by atoms with Crippen molar-refractivity contribution in [3.05, 3.63) is 48.0 Å². The van der Waals surface area contributed by atoms with Gasteiger partial charge in [0.1, 0.15) is 12.4 Å². The second-order valence-corrected chi connectivity index (χ2v) is 7.40. The fourth-order valence-electron chi connectivity index (χ4n) is 3.68. The summed E-state index contributed by atoms with van der Waals surface area (Å²) in [4.78, 5) is 17.4. The van der Waals surface area contributed by atoms with Crippen molar-refractivity contribution < 1.29 is 23.7 Å². The fourth-order valence-corrected chi connectivity index (χ4v) is 3.68.